The monoisotopic (exact) mass is 387 g/mol. The molecule has 4 aromatic heterocycles. The Morgan fingerprint density at radius 3 is 2.83 bits per heavy atom. The minimum Gasteiger partial charge on any atom is -0.385 e. The molecule has 144 valence electrons. The van der Waals surface area contributed by atoms with E-state index in [4.69, 9.17) is 0 Å². The molecular formula is C20H17N7O2. The van der Waals surface area contributed by atoms with Crippen LogP contribution >= 0.6 is 0 Å². The minimum atomic E-state index is -0.661. The first-order valence-electron chi connectivity index (χ1n) is 9.06. The summed E-state index contributed by atoms with van der Waals surface area (Å²) in [6, 6.07) is 14.7. The average molecular weight is 387 g/mol. The van der Waals surface area contributed by atoms with Gasteiger partial charge < -0.3 is 20.4 Å². The number of imidazole rings is 1. The number of nitrogens with one attached hydrogen (secondary N) is 3. The molecule has 5 aromatic rings. The Bertz CT molecular complexity index is 1380. The van der Waals surface area contributed by atoms with Gasteiger partial charge in [0.2, 0.25) is 11.5 Å². The Balaban J connectivity index is 1.56. The minimum absolute atomic E-state index is 0.172. The fourth-order valence-corrected chi connectivity index (χ4v) is 3.18. The molecule has 4 N–H and O–H groups in total. The number of H-pyrrole nitrogens is 2. The first-order chi connectivity index (χ1) is 14.1. The Hall–Kier alpha value is -3.98. The van der Waals surface area contributed by atoms with Crippen molar-refractivity contribution in [2.24, 2.45) is 0 Å². The lowest BCUT2D eigenvalue weighted by molar-refractivity contribution is 0.190. The van der Waals surface area contributed by atoms with Crippen LogP contribution in [-0.4, -0.2) is 34.7 Å². The molecule has 1 unspecified atom stereocenters. The number of hydrogen-bond acceptors (Lipinski definition) is 6. The summed E-state index contributed by atoms with van der Waals surface area (Å²) in [5, 5.41) is 17.4. The van der Waals surface area contributed by atoms with Crippen LogP contribution in [0, 0.1) is 0 Å². The van der Waals surface area contributed by atoms with E-state index in [1.165, 1.54) is 6.07 Å². The van der Waals surface area contributed by atoms with Gasteiger partial charge >= 0.3 is 0 Å². The van der Waals surface area contributed by atoms with Gasteiger partial charge in [0.15, 0.2) is 5.65 Å². The number of hydrogen-bond donors (Lipinski definition) is 4. The van der Waals surface area contributed by atoms with Crippen molar-refractivity contribution in [3.8, 4) is 11.3 Å². The van der Waals surface area contributed by atoms with Crippen LogP contribution in [0.25, 0.3) is 27.9 Å². The Labute approximate surface area is 164 Å². The normalized spacial score (nSPS) is 12.5. The Morgan fingerprint density at radius 2 is 2.03 bits per heavy atom. The SMILES string of the molecule is CC(O)c1nc2ccc(-c3cccc4nc(Nc5ccc(=O)[nH]c5)nn34)cc2[nH]1. The van der Waals surface area contributed by atoms with Crippen molar-refractivity contribution >= 4 is 28.3 Å². The van der Waals surface area contributed by atoms with Crippen LogP contribution in [0.5, 0.6) is 0 Å². The van der Waals surface area contributed by atoms with Gasteiger partial charge in [0.05, 0.1) is 22.4 Å². The molecule has 0 saturated carbocycles. The van der Waals surface area contributed by atoms with E-state index in [2.05, 4.69) is 30.4 Å². The van der Waals surface area contributed by atoms with Gasteiger partial charge in [-0.15, -0.1) is 5.10 Å². The number of aliphatic hydroxyl groups is 1. The molecule has 0 radical (unpaired) electrons. The van der Waals surface area contributed by atoms with E-state index >= 15 is 0 Å². The summed E-state index contributed by atoms with van der Waals surface area (Å²) < 4.78 is 1.75. The molecule has 9 nitrogen and oxygen atoms in total. The Kier molecular flexibility index (Phi) is 3.88. The lowest BCUT2D eigenvalue weighted by atomic mass is 10.1. The van der Waals surface area contributed by atoms with Crippen LogP contribution in [0.15, 0.2) is 59.5 Å². The maximum absolute atomic E-state index is 11.2. The van der Waals surface area contributed by atoms with Crippen molar-refractivity contribution in [2.45, 2.75) is 13.0 Å². The number of anilines is 2. The second-order valence-electron chi connectivity index (χ2n) is 6.71. The molecule has 5 rings (SSSR count). The van der Waals surface area contributed by atoms with Crippen molar-refractivity contribution in [1.82, 2.24) is 29.5 Å². The fraction of sp³-hybridized carbons (Fsp3) is 0.100. The molecule has 0 saturated heterocycles. The highest BCUT2D eigenvalue weighted by atomic mass is 16.3. The molecule has 0 spiro atoms. The van der Waals surface area contributed by atoms with Gasteiger partial charge in [-0.2, -0.15) is 4.98 Å². The zero-order valence-corrected chi connectivity index (χ0v) is 15.4. The van der Waals surface area contributed by atoms with Gasteiger partial charge in [0.25, 0.3) is 0 Å². The number of aliphatic hydroxyl groups excluding tert-OH is 1. The van der Waals surface area contributed by atoms with Crippen molar-refractivity contribution in [1.29, 1.82) is 0 Å². The van der Waals surface area contributed by atoms with Crippen molar-refractivity contribution in [3.05, 3.63) is 70.9 Å². The number of pyridine rings is 2. The predicted octanol–water partition coefficient (Wildman–Crippen LogP) is 2.76. The van der Waals surface area contributed by atoms with Crippen molar-refractivity contribution in [2.75, 3.05) is 5.32 Å². The lowest BCUT2D eigenvalue weighted by Crippen LogP contribution is -2.03. The molecule has 0 aliphatic carbocycles. The third-order valence-electron chi connectivity index (χ3n) is 4.59. The number of benzene rings is 1. The number of fused-ring (bicyclic) bond motifs is 2. The van der Waals surface area contributed by atoms with Crippen LogP contribution < -0.4 is 10.9 Å². The molecule has 0 bridgehead atoms. The number of rotatable bonds is 4. The molecule has 0 fully saturated rings. The van der Waals surface area contributed by atoms with E-state index in [0.29, 0.717) is 23.1 Å². The van der Waals surface area contributed by atoms with Gasteiger partial charge in [-0.1, -0.05) is 12.1 Å². The van der Waals surface area contributed by atoms with E-state index in [0.717, 1.165) is 22.3 Å². The summed E-state index contributed by atoms with van der Waals surface area (Å²) in [4.78, 5) is 25.9. The molecule has 1 aromatic carbocycles. The molecule has 0 aliphatic rings. The quantitative estimate of drug-likeness (QED) is 0.376. The maximum atomic E-state index is 11.2. The first-order valence-corrected chi connectivity index (χ1v) is 9.06. The van der Waals surface area contributed by atoms with Crippen LogP contribution in [0.3, 0.4) is 0 Å². The van der Waals surface area contributed by atoms with E-state index in [1.54, 1.807) is 23.7 Å². The summed E-state index contributed by atoms with van der Waals surface area (Å²) in [5.41, 5.74) is 4.62. The van der Waals surface area contributed by atoms with E-state index in [9.17, 15) is 9.90 Å². The average Bonchev–Trinajstić information content (AvgIpc) is 3.32. The molecule has 0 amide bonds. The van der Waals surface area contributed by atoms with Gasteiger partial charge in [0, 0.05) is 17.8 Å². The van der Waals surface area contributed by atoms with E-state index in [-0.39, 0.29) is 5.56 Å². The van der Waals surface area contributed by atoms with E-state index in [1.807, 2.05) is 36.4 Å². The van der Waals surface area contributed by atoms with Crippen LogP contribution in [0.1, 0.15) is 18.9 Å². The first kappa shape index (κ1) is 17.1. The number of nitrogens with zero attached hydrogens (tertiary/aromatic N) is 4. The highest BCUT2D eigenvalue weighted by Crippen LogP contribution is 2.25. The molecule has 29 heavy (non-hydrogen) atoms. The van der Waals surface area contributed by atoms with Crippen LogP contribution in [0.2, 0.25) is 0 Å². The Morgan fingerprint density at radius 1 is 1.14 bits per heavy atom. The molecular weight excluding hydrogens is 370 g/mol. The smallest absolute Gasteiger partial charge is 0.248 e. The fourth-order valence-electron chi connectivity index (χ4n) is 3.18. The third-order valence-corrected chi connectivity index (χ3v) is 4.59. The third kappa shape index (κ3) is 3.13. The standard InChI is InChI=1S/C20H17N7O2/c1-11(28)19-23-14-7-5-12(9-15(14)24-19)16-3-2-4-17-25-20(26-27(16)17)22-13-6-8-18(29)21-10-13/h2-11,28H,1H3,(H,21,29)(H,22,26)(H,23,24). The van der Waals surface area contributed by atoms with Crippen LogP contribution in [0.4, 0.5) is 11.6 Å². The second-order valence-corrected chi connectivity index (χ2v) is 6.71. The molecule has 4 heterocycles. The highest BCUT2D eigenvalue weighted by molar-refractivity contribution is 5.81. The van der Waals surface area contributed by atoms with Gasteiger partial charge in [-0.3, -0.25) is 4.79 Å². The number of aromatic nitrogens is 6. The number of aromatic amines is 2. The second kappa shape index (κ2) is 6.57. The van der Waals surface area contributed by atoms with E-state index < -0.39 is 6.10 Å². The zero-order chi connectivity index (χ0) is 20.0. The zero-order valence-electron chi connectivity index (χ0n) is 15.4. The van der Waals surface area contributed by atoms with Gasteiger partial charge in [-0.25, -0.2) is 9.50 Å². The van der Waals surface area contributed by atoms with Gasteiger partial charge in [0.1, 0.15) is 11.9 Å². The summed E-state index contributed by atoms with van der Waals surface area (Å²) in [6.45, 7) is 1.67. The topological polar surface area (TPSA) is 124 Å². The maximum Gasteiger partial charge on any atom is 0.248 e. The summed E-state index contributed by atoms with van der Waals surface area (Å²) in [5.74, 6) is 0.951. The summed E-state index contributed by atoms with van der Waals surface area (Å²) in [7, 11) is 0. The van der Waals surface area contributed by atoms with Crippen molar-refractivity contribution < 1.29 is 5.11 Å². The molecule has 1 atom stereocenters. The summed E-state index contributed by atoms with van der Waals surface area (Å²) >= 11 is 0. The predicted molar refractivity (Wildman–Crippen MR) is 109 cm³/mol. The lowest BCUT2D eigenvalue weighted by Gasteiger charge is -2.04. The van der Waals surface area contributed by atoms with Crippen LogP contribution in [-0.2, 0) is 0 Å². The van der Waals surface area contributed by atoms with Gasteiger partial charge in [-0.05, 0) is 37.3 Å². The molecule has 9 heteroatoms. The molecule has 0 aliphatic heterocycles. The highest BCUT2D eigenvalue weighted by Gasteiger charge is 2.12. The summed E-state index contributed by atoms with van der Waals surface area (Å²) in [6.07, 6.45) is 0.909. The van der Waals surface area contributed by atoms with Crippen molar-refractivity contribution in [3.63, 3.8) is 0 Å². The largest absolute Gasteiger partial charge is 0.385 e.